The van der Waals surface area contributed by atoms with Crippen LogP contribution in [-0.4, -0.2) is 14.9 Å². The molecule has 0 aliphatic carbocycles. The first kappa shape index (κ1) is 13.7. The van der Waals surface area contributed by atoms with Crippen molar-refractivity contribution in [1.82, 2.24) is 9.97 Å². The van der Waals surface area contributed by atoms with Gasteiger partial charge in [0.05, 0.1) is 22.2 Å². The van der Waals surface area contributed by atoms with Gasteiger partial charge in [0.1, 0.15) is 5.82 Å². The highest BCUT2D eigenvalue weighted by atomic mass is 19.4. The molecule has 0 aliphatic heterocycles. The number of nitrogen functional groups attached to an aromatic ring is 1. The van der Waals surface area contributed by atoms with Crippen LogP contribution in [0, 0.1) is 10.1 Å². The van der Waals surface area contributed by atoms with Gasteiger partial charge >= 0.3 is 6.18 Å². The molecule has 0 amide bonds. The highest BCUT2D eigenvalue weighted by molar-refractivity contribution is 5.67. The second-order valence-electron chi connectivity index (χ2n) is 3.81. The summed E-state index contributed by atoms with van der Waals surface area (Å²) in [7, 11) is 0. The lowest BCUT2D eigenvalue weighted by Gasteiger charge is -2.11. The van der Waals surface area contributed by atoms with E-state index in [1.54, 1.807) is 0 Å². The number of nitro groups is 1. The van der Waals surface area contributed by atoms with E-state index in [-0.39, 0.29) is 17.1 Å². The molecule has 0 unspecified atom stereocenters. The topological polar surface area (TPSA) is 94.9 Å². The lowest BCUT2D eigenvalue weighted by atomic mass is 10.1. The van der Waals surface area contributed by atoms with Gasteiger partial charge in [-0.25, -0.2) is 4.98 Å². The summed E-state index contributed by atoms with van der Waals surface area (Å²) in [6, 6.07) is 2.65. The van der Waals surface area contributed by atoms with Gasteiger partial charge in [0.2, 0.25) is 0 Å². The molecule has 9 heteroatoms. The van der Waals surface area contributed by atoms with Gasteiger partial charge < -0.3 is 5.73 Å². The van der Waals surface area contributed by atoms with Gasteiger partial charge in [-0.2, -0.15) is 13.2 Å². The molecular weight excluding hydrogens is 277 g/mol. The van der Waals surface area contributed by atoms with Crippen molar-refractivity contribution in [2.45, 2.75) is 6.18 Å². The summed E-state index contributed by atoms with van der Waals surface area (Å²) in [6.07, 6.45) is -2.71. The fraction of sp³-hybridized carbons (Fsp3) is 0.0909. The molecule has 0 fully saturated rings. The van der Waals surface area contributed by atoms with Crippen LogP contribution in [0.5, 0.6) is 0 Å². The Bertz CT molecular complexity index is 673. The first-order valence-corrected chi connectivity index (χ1v) is 5.22. The van der Waals surface area contributed by atoms with Crippen molar-refractivity contribution in [3.05, 3.63) is 46.3 Å². The second kappa shape index (κ2) is 4.76. The molecule has 104 valence electrons. The number of nitrogens with zero attached hydrogens (tertiary/aromatic N) is 3. The molecule has 0 atom stereocenters. The van der Waals surface area contributed by atoms with Crippen molar-refractivity contribution in [3.8, 4) is 11.3 Å². The first-order valence-electron chi connectivity index (χ1n) is 5.22. The van der Waals surface area contributed by atoms with E-state index in [2.05, 4.69) is 9.97 Å². The van der Waals surface area contributed by atoms with Crippen LogP contribution in [0.2, 0.25) is 0 Å². The fourth-order valence-corrected chi connectivity index (χ4v) is 1.63. The van der Waals surface area contributed by atoms with Crippen molar-refractivity contribution in [1.29, 1.82) is 0 Å². The SMILES string of the molecule is Nc1cc([N+](=O)[O-])cc(-c2cnccc2C(F)(F)F)n1. The number of hydrogen-bond acceptors (Lipinski definition) is 5. The smallest absolute Gasteiger partial charge is 0.383 e. The van der Waals surface area contributed by atoms with Crippen molar-refractivity contribution in [2.75, 3.05) is 5.73 Å². The Morgan fingerprint density at radius 3 is 2.60 bits per heavy atom. The molecule has 2 rings (SSSR count). The van der Waals surface area contributed by atoms with Crippen LogP contribution >= 0.6 is 0 Å². The van der Waals surface area contributed by atoms with Crippen LogP contribution in [0.3, 0.4) is 0 Å². The van der Waals surface area contributed by atoms with Gasteiger partial charge in [-0.1, -0.05) is 0 Å². The number of pyridine rings is 2. The lowest BCUT2D eigenvalue weighted by molar-refractivity contribution is -0.384. The van der Waals surface area contributed by atoms with Crippen LogP contribution in [-0.2, 0) is 6.18 Å². The third-order valence-electron chi connectivity index (χ3n) is 2.44. The lowest BCUT2D eigenvalue weighted by Crippen LogP contribution is -2.08. The summed E-state index contributed by atoms with van der Waals surface area (Å²) in [5.74, 6) is -0.244. The number of anilines is 1. The Hall–Kier alpha value is -2.71. The van der Waals surface area contributed by atoms with E-state index in [0.29, 0.717) is 0 Å². The minimum Gasteiger partial charge on any atom is -0.383 e. The van der Waals surface area contributed by atoms with E-state index in [0.717, 1.165) is 30.6 Å². The van der Waals surface area contributed by atoms with E-state index in [4.69, 9.17) is 5.73 Å². The highest BCUT2D eigenvalue weighted by Crippen LogP contribution is 2.36. The number of alkyl halides is 3. The number of rotatable bonds is 2. The highest BCUT2D eigenvalue weighted by Gasteiger charge is 2.34. The summed E-state index contributed by atoms with van der Waals surface area (Å²) in [5.41, 5.74) is 3.33. The number of nitrogens with two attached hydrogens (primary N) is 1. The van der Waals surface area contributed by atoms with E-state index in [9.17, 15) is 23.3 Å². The summed E-state index contributed by atoms with van der Waals surface area (Å²) >= 11 is 0. The van der Waals surface area contributed by atoms with Crippen molar-refractivity contribution in [3.63, 3.8) is 0 Å². The van der Waals surface area contributed by atoms with Gasteiger partial charge in [-0.15, -0.1) is 0 Å². The zero-order chi connectivity index (χ0) is 14.9. The van der Waals surface area contributed by atoms with Gasteiger partial charge in [0.15, 0.2) is 0 Å². The maximum Gasteiger partial charge on any atom is 0.417 e. The van der Waals surface area contributed by atoms with E-state index in [1.807, 2.05) is 0 Å². The van der Waals surface area contributed by atoms with Gasteiger partial charge in [-0.05, 0) is 6.07 Å². The van der Waals surface area contributed by atoms with Crippen LogP contribution in [0.1, 0.15) is 5.56 Å². The molecule has 20 heavy (non-hydrogen) atoms. The molecule has 2 aromatic heterocycles. The molecule has 6 nitrogen and oxygen atoms in total. The largest absolute Gasteiger partial charge is 0.417 e. The summed E-state index contributed by atoms with van der Waals surface area (Å²) in [6.45, 7) is 0. The zero-order valence-electron chi connectivity index (χ0n) is 9.76. The van der Waals surface area contributed by atoms with Crippen LogP contribution in [0.15, 0.2) is 30.6 Å². The Morgan fingerprint density at radius 2 is 2.00 bits per heavy atom. The van der Waals surface area contributed by atoms with Crippen molar-refractivity contribution in [2.24, 2.45) is 0 Å². The minimum atomic E-state index is -4.63. The molecule has 2 aromatic rings. The van der Waals surface area contributed by atoms with Crippen molar-refractivity contribution < 1.29 is 18.1 Å². The summed E-state index contributed by atoms with van der Waals surface area (Å²) < 4.78 is 38.6. The van der Waals surface area contributed by atoms with Crippen LogP contribution in [0.25, 0.3) is 11.3 Å². The normalized spacial score (nSPS) is 11.3. The monoisotopic (exact) mass is 284 g/mol. The summed E-state index contributed by atoms with van der Waals surface area (Å²) in [5, 5.41) is 10.7. The number of halogens is 3. The maximum absolute atomic E-state index is 12.9. The average molecular weight is 284 g/mol. The molecule has 0 aliphatic rings. The molecule has 0 saturated carbocycles. The molecule has 0 saturated heterocycles. The standard InChI is InChI=1S/C11H7F3N4O2/c12-11(13,14)8-1-2-16-5-7(8)9-3-6(18(19)20)4-10(15)17-9/h1-5H,(H2,15,17). The Morgan fingerprint density at radius 1 is 1.30 bits per heavy atom. The number of aromatic nitrogens is 2. The zero-order valence-corrected chi connectivity index (χ0v) is 9.76. The third-order valence-corrected chi connectivity index (χ3v) is 2.44. The maximum atomic E-state index is 12.9. The first-order chi connectivity index (χ1) is 9.29. The van der Waals surface area contributed by atoms with Crippen LogP contribution in [0.4, 0.5) is 24.7 Å². The van der Waals surface area contributed by atoms with Crippen LogP contribution < -0.4 is 5.73 Å². The number of hydrogen-bond donors (Lipinski definition) is 1. The molecular formula is C11H7F3N4O2. The van der Waals surface area contributed by atoms with Crippen molar-refractivity contribution >= 4 is 11.5 Å². The summed E-state index contributed by atoms with van der Waals surface area (Å²) in [4.78, 5) is 17.2. The third kappa shape index (κ3) is 2.66. The van der Waals surface area contributed by atoms with Gasteiger partial charge in [0, 0.05) is 24.0 Å². The predicted octanol–water partition coefficient (Wildman–Crippen LogP) is 2.65. The second-order valence-corrected chi connectivity index (χ2v) is 3.81. The molecule has 0 radical (unpaired) electrons. The molecule has 0 bridgehead atoms. The van der Waals surface area contributed by atoms with E-state index >= 15 is 0 Å². The van der Waals surface area contributed by atoms with Gasteiger partial charge in [-0.3, -0.25) is 15.1 Å². The Labute approximate surface area is 110 Å². The average Bonchev–Trinajstić information content (AvgIpc) is 2.37. The Kier molecular flexibility index (Phi) is 3.26. The quantitative estimate of drug-likeness (QED) is 0.675. The van der Waals surface area contributed by atoms with E-state index in [1.165, 1.54) is 0 Å². The Balaban J connectivity index is 2.66. The predicted molar refractivity (Wildman–Crippen MR) is 63.5 cm³/mol. The molecule has 2 N–H and O–H groups in total. The molecule has 2 heterocycles. The van der Waals surface area contributed by atoms with Gasteiger partial charge in [0.25, 0.3) is 5.69 Å². The van der Waals surface area contributed by atoms with E-state index < -0.39 is 22.4 Å². The molecule has 0 aromatic carbocycles. The minimum absolute atomic E-state index is 0.244. The fourth-order valence-electron chi connectivity index (χ4n) is 1.63. The molecule has 0 spiro atoms.